The van der Waals surface area contributed by atoms with Crippen LogP contribution in [-0.2, 0) is 6.42 Å². The normalized spacial score (nSPS) is 12.9. The van der Waals surface area contributed by atoms with Gasteiger partial charge in [0, 0.05) is 23.7 Å². The second-order valence-electron chi connectivity index (χ2n) is 3.58. The maximum absolute atomic E-state index is 5.94. The zero-order valence-electron chi connectivity index (χ0n) is 7.52. The first-order chi connectivity index (χ1) is 6.68. The van der Waals surface area contributed by atoms with Gasteiger partial charge >= 0.3 is 0 Å². The number of aromatic amines is 2. The number of nitrogens with two attached hydrogens (primary N) is 2. The van der Waals surface area contributed by atoms with Crippen LogP contribution in [0.25, 0.3) is 11.4 Å². The maximum atomic E-state index is 5.94. The minimum atomic E-state index is 0.814. The summed E-state index contributed by atoms with van der Waals surface area (Å²) in [6.07, 6.45) is 2.66. The first-order valence-electron chi connectivity index (χ1n) is 4.40. The van der Waals surface area contributed by atoms with Gasteiger partial charge < -0.3 is 21.4 Å². The van der Waals surface area contributed by atoms with E-state index >= 15 is 0 Å². The highest BCUT2D eigenvalue weighted by Crippen LogP contribution is 2.40. The predicted molar refractivity (Wildman–Crippen MR) is 61.6 cm³/mol. The molecule has 1 aliphatic carbocycles. The predicted octanol–water partition coefficient (Wildman–Crippen LogP) is 0.579. The summed E-state index contributed by atoms with van der Waals surface area (Å²) in [4.78, 5) is 6.41. The monoisotopic (exact) mass is 206 g/mol. The van der Waals surface area contributed by atoms with E-state index in [1.54, 1.807) is 0 Å². The summed E-state index contributed by atoms with van der Waals surface area (Å²) < 4.78 is 0. The SMILES string of the molecule is Nc1c[nH]c2c1Cc1c-2[nH]c(P)c1N. The van der Waals surface area contributed by atoms with Crippen molar-refractivity contribution in [3.63, 3.8) is 0 Å². The van der Waals surface area contributed by atoms with Gasteiger partial charge in [-0.05, 0) is 0 Å². The summed E-state index contributed by atoms with van der Waals surface area (Å²) in [6, 6.07) is 0. The number of aromatic nitrogens is 2. The van der Waals surface area contributed by atoms with Crippen LogP contribution in [0.3, 0.4) is 0 Å². The Labute approximate surface area is 83.3 Å². The number of nitrogens with one attached hydrogen (secondary N) is 2. The lowest BCUT2D eigenvalue weighted by Gasteiger charge is -1.95. The zero-order chi connectivity index (χ0) is 9.87. The fourth-order valence-electron chi connectivity index (χ4n) is 2.03. The van der Waals surface area contributed by atoms with E-state index in [4.69, 9.17) is 11.5 Å². The number of nitrogen functional groups attached to an aromatic ring is 2. The van der Waals surface area contributed by atoms with Crippen LogP contribution in [0, 0.1) is 0 Å². The Kier molecular flexibility index (Phi) is 1.33. The molecule has 2 heterocycles. The van der Waals surface area contributed by atoms with E-state index in [2.05, 4.69) is 19.2 Å². The molecular weight excluding hydrogens is 195 g/mol. The molecule has 72 valence electrons. The van der Waals surface area contributed by atoms with E-state index < -0.39 is 0 Å². The van der Waals surface area contributed by atoms with Crippen LogP contribution in [0.15, 0.2) is 6.20 Å². The van der Waals surface area contributed by atoms with Crippen molar-refractivity contribution in [2.75, 3.05) is 11.5 Å². The fourth-order valence-corrected chi connectivity index (χ4v) is 2.35. The first-order valence-corrected chi connectivity index (χ1v) is 4.98. The average molecular weight is 206 g/mol. The lowest BCUT2D eigenvalue weighted by molar-refractivity contribution is 1.29. The molecule has 3 rings (SSSR count). The Balaban J connectivity index is 2.31. The van der Waals surface area contributed by atoms with Gasteiger partial charge in [0.1, 0.15) is 0 Å². The number of hydrogen-bond acceptors (Lipinski definition) is 2. The molecule has 0 spiro atoms. The third-order valence-corrected chi connectivity index (χ3v) is 3.26. The Hall–Kier alpha value is -1.41. The molecule has 1 unspecified atom stereocenters. The van der Waals surface area contributed by atoms with Crippen LogP contribution in [0.1, 0.15) is 11.1 Å². The summed E-state index contributed by atoms with van der Waals surface area (Å²) in [5.74, 6) is 0. The van der Waals surface area contributed by atoms with Gasteiger partial charge in [-0.2, -0.15) is 0 Å². The molecule has 1 atom stereocenters. The van der Waals surface area contributed by atoms with Crippen molar-refractivity contribution in [1.29, 1.82) is 0 Å². The first kappa shape index (κ1) is 7.94. The highest BCUT2D eigenvalue weighted by atomic mass is 31.0. The van der Waals surface area contributed by atoms with Gasteiger partial charge in [0.15, 0.2) is 0 Å². The van der Waals surface area contributed by atoms with E-state index in [0.717, 1.165) is 45.7 Å². The Morgan fingerprint density at radius 3 is 2.79 bits per heavy atom. The molecule has 0 amide bonds. The van der Waals surface area contributed by atoms with Crippen molar-refractivity contribution in [2.45, 2.75) is 6.42 Å². The molecule has 0 saturated carbocycles. The van der Waals surface area contributed by atoms with Crippen LogP contribution in [-0.4, -0.2) is 9.97 Å². The minimum absolute atomic E-state index is 0.814. The molecule has 0 aromatic carbocycles. The Morgan fingerprint density at radius 2 is 2.00 bits per heavy atom. The molecular formula is C9H11N4P. The van der Waals surface area contributed by atoms with Crippen LogP contribution < -0.4 is 16.9 Å². The van der Waals surface area contributed by atoms with Crippen LogP contribution in [0.2, 0.25) is 0 Å². The highest BCUT2D eigenvalue weighted by Gasteiger charge is 2.26. The molecule has 14 heavy (non-hydrogen) atoms. The molecule has 2 aromatic rings. The molecule has 2 aromatic heterocycles. The third kappa shape index (κ3) is 0.769. The standard InChI is InChI=1S/C9H11N4P/c10-5-2-12-7-3(5)1-4-6(11)9(14)13-8(4)7/h2,12-13H,1,10-11,14H2. The van der Waals surface area contributed by atoms with Crippen molar-refractivity contribution in [2.24, 2.45) is 0 Å². The summed E-state index contributed by atoms with van der Waals surface area (Å²) in [5.41, 5.74) is 18.8. The smallest absolute Gasteiger partial charge is 0.0685 e. The number of H-pyrrole nitrogens is 2. The lowest BCUT2D eigenvalue weighted by Crippen LogP contribution is -2.01. The minimum Gasteiger partial charge on any atom is -0.397 e. The summed E-state index contributed by atoms with van der Waals surface area (Å²) in [5, 5.41) is 0. The second-order valence-corrected chi connectivity index (χ2v) is 4.16. The zero-order valence-corrected chi connectivity index (χ0v) is 8.67. The Bertz CT molecular complexity index is 523. The van der Waals surface area contributed by atoms with Gasteiger partial charge in [0.05, 0.1) is 28.2 Å². The molecule has 0 fully saturated rings. The molecule has 0 radical (unpaired) electrons. The van der Waals surface area contributed by atoms with Gasteiger partial charge in [-0.3, -0.25) is 0 Å². The molecule has 0 aliphatic heterocycles. The topological polar surface area (TPSA) is 83.6 Å². The number of hydrogen-bond donors (Lipinski definition) is 4. The van der Waals surface area contributed by atoms with Gasteiger partial charge in [-0.15, -0.1) is 0 Å². The molecule has 1 aliphatic rings. The van der Waals surface area contributed by atoms with Crippen molar-refractivity contribution < 1.29 is 0 Å². The van der Waals surface area contributed by atoms with Gasteiger partial charge in [0.2, 0.25) is 0 Å². The Morgan fingerprint density at radius 1 is 1.21 bits per heavy atom. The van der Waals surface area contributed by atoms with Crippen LogP contribution in [0.5, 0.6) is 0 Å². The van der Waals surface area contributed by atoms with Crippen molar-refractivity contribution in [1.82, 2.24) is 9.97 Å². The summed E-state index contributed by atoms with van der Waals surface area (Å²) >= 11 is 0. The number of anilines is 2. The third-order valence-electron chi connectivity index (χ3n) is 2.80. The largest absolute Gasteiger partial charge is 0.397 e. The molecule has 6 N–H and O–H groups in total. The van der Waals surface area contributed by atoms with Gasteiger partial charge in [-0.1, -0.05) is 9.24 Å². The fraction of sp³-hybridized carbons (Fsp3) is 0.111. The molecule has 0 bridgehead atoms. The van der Waals surface area contributed by atoms with Crippen molar-refractivity contribution in [3.8, 4) is 11.4 Å². The summed E-state index contributed by atoms with van der Waals surface area (Å²) in [6.45, 7) is 0. The molecule has 0 saturated heterocycles. The van der Waals surface area contributed by atoms with E-state index in [-0.39, 0.29) is 0 Å². The molecule has 4 nitrogen and oxygen atoms in total. The quantitative estimate of drug-likeness (QED) is 0.406. The van der Waals surface area contributed by atoms with Crippen LogP contribution >= 0.6 is 9.24 Å². The highest BCUT2D eigenvalue weighted by molar-refractivity contribution is 7.27. The number of rotatable bonds is 0. The van der Waals surface area contributed by atoms with Gasteiger partial charge in [-0.25, -0.2) is 0 Å². The van der Waals surface area contributed by atoms with E-state index in [1.807, 2.05) is 6.20 Å². The number of fused-ring (bicyclic) bond motifs is 3. The molecule has 5 heteroatoms. The second kappa shape index (κ2) is 2.34. The van der Waals surface area contributed by atoms with E-state index in [0.29, 0.717) is 0 Å². The van der Waals surface area contributed by atoms with Crippen LogP contribution in [0.4, 0.5) is 11.4 Å². The summed E-state index contributed by atoms with van der Waals surface area (Å²) in [7, 11) is 2.60. The van der Waals surface area contributed by atoms with Crippen molar-refractivity contribution in [3.05, 3.63) is 17.3 Å². The van der Waals surface area contributed by atoms with E-state index in [1.165, 1.54) is 0 Å². The average Bonchev–Trinajstić information content (AvgIpc) is 2.74. The maximum Gasteiger partial charge on any atom is 0.0685 e. The van der Waals surface area contributed by atoms with E-state index in [9.17, 15) is 0 Å². The van der Waals surface area contributed by atoms with Crippen molar-refractivity contribution >= 4 is 26.0 Å². The lowest BCUT2D eigenvalue weighted by atomic mass is 10.2. The van der Waals surface area contributed by atoms with Gasteiger partial charge in [0.25, 0.3) is 0 Å².